The van der Waals surface area contributed by atoms with Crippen molar-refractivity contribution >= 4 is 35.8 Å². The van der Waals surface area contributed by atoms with E-state index in [0.717, 1.165) is 10.5 Å². The smallest absolute Gasteiger partial charge is 0.417 e. The molecule has 3 aliphatic rings. The van der Waals surface area contributed by atoms with E-state index in [-0.39, 0.29) is 43.8 Å². The quantitative estimate of drug-likeness (QED) is 0.367. The molecule has 0 aliphatic carbocycles. The van der Waals surface area contributed by atoms with Crippen molar-refractivity contribution in [3.8, 4) is 17.2 Å². The van der Waals surface area contributed by atoms with Crippen molar-refractivity contribution in [1.82, 2.24) is 19.6 Å². The summed E-state index contributed by atoms with van der Waals surface area (Å²) in [6.07, 6.45) is 4.31. The first-order valence-electron chi connectivity index (χ1n) is 17.2. The summed E-state index contributed by atoms with van der Waals surface area (Å²) < 4.78 is 17.4. The Morgan fingerprint density at radius 2 is 1.46 bits per heavy atom. The zero-order chi connectivity index (χ0) is 36.4. The Labute approximate surface area is 294 Å². The molecular formula is C38H50N4O8. The Bertz CT molecular complexity index is 1570. The van der Waals surface area contributed by atoms with Crippen molar-refractivity contribution in [3.05, 3.63) is 59.7 Å². The summed E-state index contributed by atoms with van der Waals surface area (Å²) in [6.45, 7) is 10.1. The van der Waals surface area contributed by atoms with Crippen molar-refractivity contribution < 1.29 is 38.2 Å². The molecule has 1 fully saturated rings. The van der Waals surface area contributed by atoms with Crippen LogP contribution in [0.5, 0.6) is 17.2 Å². The molecule has 12 heteroatoms. The second-order valence-electron chi connectivity index (χ2n) is 13.6. The second-order valence-corrected chi connectivity index (χ2v) is 13.6. The number of carbonyl (C=O) groups excluding carboxylic acids is 5. The number of hydrogen-bond donors (Lipinski definition) is 0. The van der Waals surface area contributed by atoms with Gasteiger partial charge in [-0.05, 0) is 87.9 Å². The van der Waals surface area contributed by atoms with Gasteiger partial charge in [0.05, 0.1) is 19.6 Å². The molecule has 3 heterocycles. The van der Waals surface area contributed by atoms with E-state index in [1.807, 2.05) is 6.07 Å². The van der Waals surface area contributed by atoms with Crippen LogP contribution in [0.1, 0.15) is 83.9 Å². The maximum Gasteiger partial charge on any atom is 0.417 e. The molecule has 0 radical (unpaired) electrons. The first-order chi connectivity index (χ1) is 23.8. The number of imide groups is 1. The van der Waals surface area contributed by atoms with Crippen LogP contribution < -0.4 is 9.47 Å². The minimum absolute atomic E-state index is 0.0146. The highest BCUT2D eigenvalue weighted by atomic mass is 16.6. The van der Waals surface area contributed by atoms with E-state index in [4.69, 9.17) is 14.2 Å². The van der Waals surface area contributed by atoms with Crippen molar-refractivity contribution in [2.45, 2.75) is 78.4 Å². The number of rotatable bonds is 1. The van der Waals surface area contributed by atoms with Gasteiger partial charge in [0.15, 0.2) is 11.5 Å². The van der Waals surface area contributed by atoms with Gasteiger partial charge in [-0.25, -0.2) is 9.69 Å². The highest BCUT2D eigenvalue weighted by molar-refractivity contribution is 5.93. The van der Waals surface area contributed by atoms with Crippen LogP contribution >= 0.6 is 0 Å². The molecule has 0 aromatic heterocycles. The molecule has 1 unspecified atom stereocenters. The van der Waals surface area contributed by atoms with Gasteiger partial charge in [0.2, 0.25) is 23.6 Å². The van der Waals surface area contributed by atoms with Gasteiger partial charge < -0.3 is 28.9 Å². The van der Waals surface area contributed by atoms with E-state index >= 15 is 0 Å². The topological polar surface area (TPSA) is 126 Å². The number of amides is 5. The Morgan fingerprint density at radius 1 is 0.800 bits per heavy atom. The number of fused-ring (bicyclic) bond motifs is 3. The monoisotopic (exact) mass is 690 g/mol. The van der Waals surface area contributed by atoms with Crippen molar-refractivity contribution in [3.63, 3.8) is 0 Å². The van der Waals surface area contributed by atoms with Crippen molar-refractivity contribution in [2.75, 3.05) is 46.4 Å². The lowest BCUT2D eigenvalue weighted by atomic mass is 10.00. The average Bonchev–Trinajstić information content (AvgIpc) is 3.05. The minimum atomic E-state index is -0.855. The Balaban J connectivity index is 1.86. The van der Waals surface area contributed by atoms with Crippen molar-refractivity contribution in [1.29, 1.82) is 0 Å². The van der Waals surface area contributed by atoms with Gasteiger partial charge in [0, 0.05) is 59.2 Å². The Kier molecular flexibility index (Phi) is 13.0. The summed E-state index contributed by atoms with van der Waals surface area (Å²) in [5.41, 5.74) is 0.540. The lowest BCUT2D eigenvalue weighted by Crippen LogP contribution is -2.45. The molecule has 0 spiro atoms. The number of carbonyl (C=O) groups is 5. The van der Waals surface area contributed by atoms with E-state index in [1.54, 1.807) is 85.1 Å². The zero-order valence-electron chi connectivity index (χ0n) is 30.1. The van der Waals surface area contributed by atoms with Crippen LogP contribution in [-0.4, -0.2) is 101 Å². The molecule has 0 saturated carbocycles. The number of methoxy groups -OCH3 is 1. The molecule has 5 rings (SSSR count). The molecule has 1 saturated heterocycles. The summed E-state index contributed by atoms with van der Waals surface area (Å²) in [5, 5.41) is 0. The lowest BCUT2D eigenvalue weighted by molar-refractivity contribution is -0.135. The molecule has 12 nitrogen and oxygen atoms in total. The van der Waals surface area contributed by atoms with Crippen LogP contribution in [0.4, 0.5) is 4.79 Å². The molecule has 50 heavy (non-hydrogen) atoms. The fourth-order valence-electron chi connectivity index (χ4n) is 6.10. The maximum absolute atomic E-state index is 14.2. The number of hydrogen-bond acceptors (Lipinski definition) is 8. The first kappa shape index (κ1) is 37.9. The molecule has 2 aromatic carbocycles. The highest BCUT2D eigenvalue weighted by Crippen LogP contribution is 2.35. The Hall–Kier alpha value is -4.87. The van der Waals surface area contributed by atoms with Crippen molar-refractivity contribution in [2.24, 2.45) is 0 Å². The second kappa shape index (κ2) is 17.2. The van der Waals surface area contributed by atoms with Crippen LogP contribution in [0.2, 0.25) is 0 Å². The fourth-order valence-corrected chi connectivity index (χ4v) is 6.10. The largest absolute Gasteiger partial charge is 0.493 e. The van der Waals surface area contributed by atoms with Gasteiger partial charge in [0.25, 0.3) is 0 Å². The minimum Gasteiger partial charge on any atom is -0.493 e. The predicted molar refractivity (Wildman–Crippen MR) is 189 cm³/mol. The van der Waals surface area contributed by atoms with E-state index in [0.29, 0.717) is 68.1 Å². The predicted octanol–water partition coefficient (Wildman–Crippen LogP) is 5.81. The number of ether oxygens (including phenoxy) is 3. The van der Waals surface area contributed by atoms with Crippen LogP contribution in [0.3, 0.4) is 0 Å². The van der Waals surface area contributed by atoms with Gasteiger partial charge in [-0.15, -0.1) is 0 Å². The van der Waals surface area contributed by atoms with Crippen LogP contribution in [0.15, 0.2) is 48.5 Å². The van der Waals surface area contributed by atoms with Gasteiger partial charge in [-0.3, -0.25) is 19.2 Å². The summed E-state index contributed by atoms with van der Waals surface area (Å²) >= 11 is 0. The molecular weight excluding hydrogens is 640 g/mol. The van der Waals surface area contributed by atoms with Gasteiger partial charge in [-0.2, -0.15) is 0 Å². The third kappa shape index (κ3) is 10.6. The van der Waals surface area contributed by atoms with Gasteiger partial charge in [-0.1, -0.05) is 18.2 Å². The first-order valence-corrected chi connectivity index (χ1v) is 17.2. The number of benzene rings is 2. The van der Waals surface area contributed by atoms with Gasteiger partial charge >= 0.3 is 6.09 Å². The van der Waals surface area contributed by atoms with E-state index < -0.39 is 23.6 Å². The van der Waals surface area contributed by atoms with Crippen LogP contribution in [0.25, 0.3) is 6.08 Å². The average molecular weight is 691 g/mol. The SMILES string of the molecule is COc1ccc2cc1Oc1ccc(cc1)C1CC(=O)N(C(=O)OC(C)(C)C)CCCN(CCCCN(C(C)=O)CCCN1C(C)=O)C(=O)/C=C/2. The van der Waals surface area contributed by atoms with E-state index in [9.17, 15) is 24.0 Å². The maximum atomic E-state index is 14.2. The summed E-state index contributed by atoms with van der Waals surface area (Å²) in [5.74, 6) is 0.381. The van der Waals surface area contributed by atoms with Gasteiger partial charge in [0.1, 0.15) is 11.4 Å². The highest BCUT2D eigenvalue weighted by Gasteiger charge is 2.33. The third-order valence-electron chi connectivity index (χ3n) is 8.66. The summed E-state index contributed by atoms with van der Waals surface area (Å²) in [7, 11) is 1.55. The molecule has 0 N–H and O–H groups in total. The lowest BCUT2D eigenvalue weighted by Gasteiger charge is -2.34. The third-order valence-corrected chi connectivity index (χ3v) is 8.66. The molecule has 2 aromatic rings. The zero-order valence-corrected chi connectivity index (χ0v) is 30.1. The Morgan fingerprint density at radius 3 is 2.12 bits per heavy atom. The van der Waals surface area contributed by atoms with Crippen LogP contribution in [0, 0.1) is 0 Å². The normalized spacial score (nSPS) is 19.2. The summed E-state index contributed by atoms with van der Waals surface area (Å²) in [6, 6.07) is 11.7. The molecule has 270 valence electrons. The summed E-state index contributed by atoms with van der Waals surface area (Å²) in [4.78, 5) is 73.3. The molecule has 3 aliphatic heterocycles. The van der Waals surface area contributed by atoms with E-state index in [2.05, 4.69) is 0 Å². The standard InChI is InChI=1S/C38H50N4O8/c1-27(43)39-19-7-8-20-40-22-10-24-42(37(47)50-38(3,4)5)36(46)26-32(41(28(2)44)23-9-21-39)30-13-15-31(16-14-30)49-34-25-29(12-18-35(40)45)11-17-33(34)48-6/h11-18,25,32H,7-10,19-24,26H2,1-6H3/b18-12+. The van der Waals surface area contributed by atoms with Crippen LogP contribution in [-0.2, 0) is 23.9 Å². The van der Waals surface area contributed by atoms with E-state index in [1.165, 1.54) is 19.9 Å². The number of nitrogens with zero attached hydrogens (tertiary/aromatic N) is 4. The fraction of sp³-hybridized carbons (Fsp3) is 0.500. The molecule has 6 bridgehead atoms. The molecule has 5 amide bonds. The molecule has 1 atom stereocenters.